The van der Waals surface area contributed by atoms with E-state index in [4.69, 9.17) is 0 Å². The monoisotopic (exact) mass is 234 g/mol. The minimum atomic E-state index is 0.753. The second-order valence-corrected chi connectivity index (χ2v) is 5.37. The van der Waals surface area contributed by atoms with Crippen LogP contribution in [0.4, 0.5) is 5.82 Å². The first-order valence-electron chi connectivity index (χ1n) is 5.58. The van der Waals surface area contributed by atoms with Crippen molar-refractivity contribution < 1.29 is 0 Å². The summed E-state index contributed by atoms with van der Waals surface area (Å²) in [5, 5.41) is 8.27. The normalized spacial score (nSPS) is 20.4. The van der Waals surface area contributed by atoms with E-state index >= 15 is 0 Å². The highest BCUT2D eigenvalue weighted by molar-refractivity contribution is 8.00. The van der Waals surface area contributed by atoms with Gasteiger partial charge in [-0.1, -0.05) is 0 Å². The third kappa shape index (κ3) is 2.00. The van der Waals surface area contributed by atoms with Crippen LogP contribution in [0.2, 0.25) is 0 Å². The van der Waals surface area contributed by atoms with Crippen molar-refractivity contribution in [2.24, 2.45) is 0 Å². The maximum absolute atomic E-state index is 4.48. The lowest BCUT2D eigenvalue weighted by Gasteiger charge is -2.10. The lowest BCUT2D eigenvalue weighted by molar-refractivity contribution is 0.803. The van der Waals surface area contributed by atoms with E-state index in [0.29, 0.717) is 0 Å². The molecule has 4 nitrogen and oxygen atoms in total. The summed E-state index contributed by atoms with van der Waals surface area (Å²) in [6.45, 7) is 1.02. The van der Waals surface area contributed by atoms with Gasteiger partial charge in [0.25, 0.3) is 0 Å². The smallest absolute Gasteiger partial charge is 0.157 e. The minimum Gasteiger partial charge on any atom is -0.369 e. The van der Waals surface area contributed by atoms with Crippen molar-refractivity contribution in [1.82, 2.24) is 14.6 Å². The van der Waals surface area contributed by atoms with Gasteiger partial charge in [0.2, 0.25) is 0 Å². The molecule has 1 aliphatic heterocycles. The molecule has 0 amide bonds. The zero-order valence-corrected chi connectivity index (χ0v) is 9.78. The predicted octanol–water partition coefficient (Wildman–Crippen LogP) is 2.04. The quantitative estimate of drug-likeness (QED) is 0.882. The number of anilines is 1. The summed E-state index contributed by atoms with van der Waals surface area (Å²) < 4.78 is 1.77. The Morgan fingerprint density at radius 2 is 2.50 bits per heavy atom. The molecule has 1 aliphatic rings. The maximum Gasteiger partial charge on any atom is 0.157 e. The third-order valence-corrected chi connectivity index (χ3v) is 4.19. The van der Waals surface area contributed by atoms with Gasteiger partial charge in [0.05, 0.1) is 6.20 Å². The Morgan fingerprint density at radius 1 is 1.50 bits per heavy atom. The second-order valence-electron chi connectivity index (χ2n) is 3.96. The van der Waals surface area contributed by atoms with Crippen LogP contribution < -0.4 is 5.32 Å². The van der Waals surface area contributed by atoms with Gasteiger partial charge in [-0.05, 0) is 24.7 Å². The molecule has 3 heterocycles. The number of thioether (sulfide) groups is 1. The van der Waals surface area contributed by atoms with Gasteiger partial charge in [-0.2, -0.15) is 16.9 Å². The van der Waals surface area contributed by atoms with Crippen LogP contribution in [0.3, 0.4) is 0 Å². The topological polar surface area (TPSA) is 42.2 Å². The average molecular weight is 234 g/mol. The van der Waals surface area contributed by atoms with E-state index in [9.17, 15) is 0 Å². The molecule has 1 atom stereocenters. The maximum atomic E-state index is 4.48. The second kappa shape index (κ2) is 4.33. The minimum absolute atomic E-state index is 0.753. The van der Waals surface area contributed by atoms with E-state index in [-0.39, 0.29) is 0 Å². The van der Waals surface area contributed by atoms with Gasteiger partial charge in [0, 0.05) is 24.1 Å². The molecule has 2 aromatic rings. The van der Waals surface area contributed by atoms with Crippen LogP contribution in [-0.2, 0) is 0 Å². The highest BCUT2D eigenvalue weighted by Gasteiger charge is 2.15. The van der Waals surface area contributed by atoms with Crippen LogP contribution in [-0.4, -0.2) is 32.1 Å². The van der Waals surface area contributed by atoms with Gasteiger partial charge in [-0.15, -0.1) is 0 Å². The summed E-state index contributed by atoms with van der Waals surface area (Å²) >= 11 is 2.06. The zero-order valence-electron chi connectivity index (χ0n) is 8.97. The highest BCUT2D eigenvalue weighted by Crippen LogP contribution is 2.26. The summed E-state index contributed by atoms with van der Waals surface area (Å²) in [7, 11) is 0. The lowest BCUT2D eigenvalue weighted by Crippen LogP contribution is -2.14. The molecule has 1 saturated heterocycles. The first-order valence-corrected chi connectivity index (χ1v) is 6.62. The molecule has 0 aliphatic carbocycles. The van der Waals surface area contributed by atoms with Gasteiger partial charge in [0.1, 0.15) is 5.82 Å². The van der Waals surface area contributed by atoms with E-state index in [1.807, 2.05) is 18.3 Å². The third-order valence-electron chi connectivity index (χ3n) is 2.79. The first kappa shape index (κ1) is 9.96. The SMILES string of the molecule is c1cc2nc(NCC3CCCS3)ccn2n1. The van der Waals surface area contributed by atoms with Gasteiger partial charge >= 0.3 is 0 Å². The molecular formula is C11H14N4S. The van der Waals surface area contributed by atoms with Crippen LogP contribution in [0.15, 0.2) is 24.5 Å². The van der Waals surface area contributed by atoms with Crippen LogP contribution in [0, 0.1) is 0 Å². The van der Waals surface area contributed by atoms with Crippen molar-refractivity contribution in [3.8, 4) is 0 Å². The van der Waals surface area contributed by atoms with Gasteiger partial charge < -0.3 is 5.32 Å². The lowest BCUT2D eigenvalue weighted by atomic mass is 10.2. The molecule has 3 rings (SSSR count). The van der Waals surface area contributed by atoms with E-state index in [2.05, 4.69) is 27.2 Å². The fourth-order valence-electron chi connectivity index (χ4n) is 1.93. The molecule has 0 spiro atoms. The van der Waals surface area contributed by atoms with Crippen LogP contribution >= 0.6 is 11.8 Å². The number of hydrogen-bond acceptors (Lipinski definition) is 4. The molecule has 16 heavy (non-hydrogen) atoms. The van der Waals surface area contributed by atoms with Crippen molar-refractivity contribution in [2.45, 2.75) is 18.1 Å². The molecule has 1 fully saturated rings. The molecule has 1 N–H and O–H groups in total. The highest BCUT2D eigenvalue weighted by atomic mass is 32.2. The fraction of sp³-hybridized carbons (Fsp3) is 0.455. The van der Waals surface area contributed by atoms with E-state index in [1.165, 1.54) is 18.6 Å². The Bertz CT molecular complexity index is 476. The van der Waals surface area contributed by atoms with Crippen molar-refractivity contribution >= 4 is 23.2 Å². The molecule has 0 radical (unpaired) electrons. The Hall–Kier alpha value is -1.23. The van der Waals surface area contributed by atoms with Gasteiger partial charge in [0.15, 0.2) is 5.65 Å². The number of fused-ring (bicyclic) bond motifs is 1. The van der Waals surface area contributed by atoms with Crippen LogP contribution in [0.5, 0.6) is 0 Å². The Balaban J connectivity index is 1.68. The summed E-state index contributed by atoms with van der Waals surface area (Å²) in [5.74, 6) is 2.25. The summed E-state index contributed by atoms with van der Waals surface area (Å²) in [6, 6.07) is 3.88. The standard InChI is InChI=1S/C11H14N4S/c1-2-9(16-7-1)8-12-10-4-6-15-11(14-10)3-5-13-15/h3-6,9H,1-2,7-8H2,(H,12,14). The zero-order chi connectivity index (χ0) is 10.8. The van der Waals surface area contributed by atoms with E-state index in [0.717, 1.165) is 23.3 Å². The van der Waals surface area contributed by atoms with Gasteiger partial charge in [-0.25, -0.2) is 9.50 Å². The Labute approximate surface area is 98.4 Å². The van der Waals surface area contributed by atoms with Crippen molar-refractivity contribution in [2.75, 3.05) is 17.6 Å². The predicted molar refractivity (Wildman–Crippen MR) is 67.0 cm³/mol. The molecule has 84 valence electrons. The summed E-state index contributed by atoms with van der Waals surface area (Å²) in [6.07, 6.45) is 6.38. The molecule has 0 bridgehead atoms. The van der Waals surface area contributed by atoms with Crippen molar-refractivity contribution in [3.05, 3.63) is 24.5 Å². The summed E-state index contributed by atoms with van der Waals surface area (Å²) in [5.41, 5.74) is 0.893. The van der Waals surface area contributed by atoms with E-state index < -0.39 is 0 Å². The average Bonchev–Trinajstić information content (AvgIpc) is 2.97. The van der Waals surface area contributed by atoms with Crippen molar-refractivity contribution in [1.29, 1.82) is 0 Å². The van der Waals surface area contributed by atoms with Gasteiger partial charge in [-0.3, -0.25) is 0 Å². The number of nitrogens with zero attached hydrogens (tertiary/aromatic N) is 3. The van der Waals surface area contributed by atoms with Crippen LogP contribution in [0.1, 0.15) is 12.8 Å². The molecule has 0 aromatic carbocycles. The Kier molecular flexibility index (Phi) is 2.70. The summed E-state index contributed by atoms with van der Waals surface area (Å²) in [4.78, 5) is 4.48. The fourth-order valence-corrected chi connectivity index (χ4v) is 3.14. The molecule has 0 saturated carbocycles. The molecular weight excluding hydrogens is 220 g/mol. The van der Waals surface area contributed by atoms with E-state index in [1.54, 1.807) is 10.7 Å². The number of nitrogens with one attached hydrogen (secondary N) is 1. The largest absolute Gasteiger partial charge is 0.369 e. The van der Waals surface area contributed by atoms with Crippen LogP contribution in [0.25, 0.3) is 5.65 Å². The number of aromatic nitrogens is 3. The molecule has 1 unspecified atom stereocenters. The molecule has 5 heteroatoms. The number of hydrogen-bond donors (Lipinski definition) is 1. The Morgan fingerprint density at radius 3 is 3.38 bits per heavy atom. The van der Waals surface area contributed by atoms with Crippen molar-refractivity contribution in [3.63, 3.8) is 0 Å². The first-order chi connectivity index (χ1) is 7.92. The number of rotatable bonds is 3. The molecule has 2 aromatic heterocycles.